The lowest BCUT2D eigenvalue weighted by Gasteiger charge is -2.13. The minimum absolute atomic E-state index is 0.0245. The van der Waals surface area contributed by atoms with Crippen LogP contribution in [-0.4, -0.2) is 32.1 Å². The molecule has 33 heavy (non-hydrogen) atoms. The maximum atomic E-state index is 13.0. The standard InChI is InChI=1S/C24H22ClN3O3S2/c25-16-9-7-15(8-10-16)13-19-22(29)28(24(31)33-19)12-4-3-11-27-14-26-21-20(23(27)30)17-5-1-2-6-18(17)32-21/h7-10,13-14H,1-6,11-12H2/b19-13+. The molecule has 1 aliphatic carbocycles. The molecule has 1 aromatic carbocycles. The minimum atomic E-state index is -0.273. The zero-order valence-corrected chi connectivity index (χ0v) is 20.3. The topological polar surface area (TPSA) is 72.3 Å². The highest BCUT2D eigenvalue weighted by molar-refractivity contribution is 8.18. The highest BCUT2D eigenvalue weighted by Gasteiger charge is 2.34. The second-order valence-electron chi connectivity index (χ2n) is 8.23. The Morgan fingerprint density at radius 3 is 2.61 bits per heavy atom. The number of nitrogens with zero attached hydrogens (tertiary/aromatic N) is 3. The quantitative estimate of drug-likeness (QED) is 0.330. The Labute approximate surface area is 204 Å². The minimum Gasteiger partial charge on any atom is -0.299 e. The monoisotopic (exact) mass is 499 g/mol. The van der Waals surface area contributed by atoms with E-state index in [1.165, 1.54) is 21.8 Å². The molecule has 0 unspecified atom stereocenters. The van der Waals surface area contributed by atoms with Crippen LogP contribution < -0.4 is 5.56 Å². The molecule has 3 aromatic rings. The van der Waals surface area contributed by atoms with Crippen molar-refractivity contribution in [3.8, 4) is 0 Å². The van der Waals surface area contributed by atoms with Gasteiger partial charge < -0.3 is 0 Å². The van der Waals surface area contributed by atoms with E-state index in [9.17, 15) is 14.4 Å². The number of imide groups is 1. The molecular formula is C24H22ClN3O3S2. The third-order valence-electron chi connectivity index (χ3n) is 6.01. The summed E-state index contributed by atoms with van der Waals surface area (Å²) in [5, 5.41) is 1.15. The van der Waals surface area contributed by atoms with E-state index in [0.717, 1.165) is 46.8 Å². The number of halogens is 1. The zero-order valence-electron chi connectivity index (χ0n) is 17.9. The summed E-state index contributed by atoms with van der Waals surface area (Å²) in [5.74, 6) is -0.273. The van der Waals surface area contributed by atoms with Gasteiger partial charge in [-0.2, -0.15) is 0 Å². The van der Waals surface area contributed by atoms with Crippen molar-refractivity contribution in [1.29, 1.82) is 0 Å². The summed E-state index contributed by atoms with van der Waals surface area (Å²) in [6.45, 7) is 0.851. The largest absolute Gasteiger partial charge is 0.299 e. The Balaban J connectivity index is 1.21. The second kappa shape index (κ2) is 9.44. The number of rotatable bonds is 6. The molecule has 0 bridgehead atoms. The van der Waals surface area contributed by atoms with Gasteiger partial charge in [0.1, 0.15) is 4.83 Å². The molecular weight excluding hydrogens is 478 g/mol. The summed E-state index contributed by atoms with van der Waals surface area (Å²) in [5.41, 5.74) is 2.04. The number of aromatic nitrogens is 2. The molecule has 0 N–H and O–H groups in total. The molecule has 170 valence electrons. The fourth-order valence-corrected chi connectivity index (χ4v) is 6.51. The van der Waals surface area contributed by atoms with E-state index < -0.39 is 0 Å². The summed E-state index contributed by atoms with van der Waals surface area (Å²) in [6.07, 6.45) is 8.94. The van der Waals surface area contributed by atoms with E-state index in [4.69, 9.17) is 11.6 Å². The Morgan fingerprint density at radius 1 is 1.03 bits per heavy atom. The number of unbranched alkanes of at least 4 members (excludes halogenated alkanes) is 1. The summed E-state index contributed by atoms with van der Waals surface area (Å²) >= 11 is 8.51. The predicted molar refractivity (Wildman–Crippen MR) is 134 cm³/mol. The van der Waals surface area contributed by atoms with Gasteiger partial charge in [0.05, 0.1) is 16.6 Å². The normalized spacial score (nSPS) is 17.4. The van der Waals surface area contributed by atoms with Crippen LogP contribution in [0.25, 0.3) is 16.3 Å². The van der Waals surface area contributed by atoms with Crippen LogP contribution in [0, 0.1) is 0 Å². The van der Waals surface area contributed by atoms with E-state index in [2.05, 4.69) is 4.98 Å². The van der Waals surface area contributed by atoms with Crippen LogP contribution in [0.15, 0.2) is 40.3 Å². The average molecular weight is 500 g/mol. The molecule has 1 aliphatic heterocycles. The highest BCUT2D eigenvalue weighted by atomic mass is 35.5. The lowest BCUT2D eigenvalue weighted by molar-refractivity contribution is -0.122. The number of carbonyl (C=O) groups excluding carboxylic acids is 2. The van der Waals surface area contributed by atoms with Crippen LogP contribution in [-0.2, 0) is 24.2 Å². The highest BCUT2D eigenvalue weighted by Crippen LogP contribution is 2.34. The number of carbonyl (C=O) groups is 2. The molecule has 1 saturated heterocycles. The second-order valence-corrected chi connectivity index (χ2v) is 10.7. The fourth-order valence-electron chi connectivity index (χ4n) is 4.30. The first-order chi connectivity index (χ1) is 16.0. The number of benzene rings is 1. The van der Waals surface area contributed by atoms with Gasteiger partial charge in [0.2, 0.25) is 0 Å². The summed E-state index contributed by atoms with van der Waals surface area (Å²) < 4.78 is 1.66. The molecule has 2 amide bonds. The van der Waals surface area contributed by atoms with Crippen molar-refractivity contribution in [3.05, 3.63) is 66.9 Å². The smallest absolute Gasteiger partial charge is 0.293 e. The first-order valence-electron chi connectivity index (χ1n) is 11.0. The predicted octanol–water partition coefficient (Wildman–Crippen LogP) is 5.51. The average Bonchev–Trinajstić information content (AvgIpc) is 3.32. The Kier molecular flexibility index (Phi) is 6.40. The maximum absolute atomic E-state index is 13.0. The molecule has 2 aromatic heterocycles. The van der Waals surface area contributed by atoms with Gasteiger partial charge in [-0.1, -0.05) is 23.7 Å². The fraction of sp³-hybridized carbons (Fsp3) is 0.333. The number of amides is 2. The number of thiophene rings is 1. The number of hydrogen-bond acceptors (Lipinski definition) is 6. The van der Waals surface area contributed by atoms with Crippen LogP contribution in [0.2, 0.25) is 5.02 Å². The first-order valence-corrected chi connectivity index (χ1v) is 13.0. The van der Waals surface area contributed by atoms with E-state index in [1.807, 2.05) is 12.1 Å². The molecule has 9 heteroatoms. The molecule has 0 radical (unpaired) electrons. The first kappa shape index (κ1) is 22.4. The lowest BCUT2D eigenvalue weighted by atomic mass is 9.97. The number of fused-ring (bicyclic) bond motifs is 3. The molecule has 0 saturated carbocycles. The van der Waals surface area contributed by atoms with E-state index in [1.54, 1.807) is 40.4 Å². The van der Waals surface area contributed by atoms with Crippen molar-refractivity contribution in [2.75, 3.05) is 6.54 Å². The van der Waals surface area contributed by atoms with Gasteiger partial charge in [-0.05, 0) is 79.6 Å². The van der Waals surface area contributed by atoms with Crippen LogP contribution in [0.1, 0.15) is 41.7 Å². The van der Waals surface area contributed by atoms with Crippen molar-refractivity contribution in [3.63, 3.8) is 0 Å². The Hall–Kier alpha value is -2.42. The van der Waals surface area contributed by atoms with Gasteiger partial charge in [0, 0.05) is 23.0 Å². The van der Waals surface area contributed by atoms with Crippen LogP contribution in [0.4, 0.5) is 4.79 Å². The maximum Gasteiger partial charge on any atom is 0.293 e. The molecule has 0 atom stereocenters. The summed E-state index contributed by atoms with van der Waals surface area (Å²) in [7, 11) is 0. The van der Waals surface area contributed by atoms with E-state index in [0.29, 0.717) is 35.9 Å². The van der Waals surface area contributed by atoms with Crippen molar-refractivity contribution in [2.24, 2.45) is 0 Å². The molecule has 6 nitrogen and oxygen atoms in total. The molecule has 1 fully saturated rings. The zero-order chi connectivity index (χ0) is 22.9. The Bertz CT molecular complexity index is 1330. The van der Waals surface area contributed by atoms with E-state index in [-0.39, 0.29) is 16.7 Å². The van der Waals surface area contributed by atoms with Gasteiger partial charge in [-0.3, -0.25) is 23.9 Å². The van der Waals surface area contributed by atoms with Gasteiger partial charge in [0.25, 0.3) is 16.7 Å². The molecule has 2 aliphatic rings. The third kappa shape index (κ3) is 4.52. The van der Waals surface area contributed by atoms with Crippen molar-refractivity contribution >= 4 is 62.1 Å². The van der Waals surface area contributed by atoms with Gasteiger partial charge in [-0.15, -0.1) is 11.3 Å². The van der Waals surface area contributed by atoms with Crippen molar-refractivity contribution in [1.82, 2.24) is 14.5 Å². The van der Waals surface area contributed by atoms with Crippen LogP contribution >= 0.6 is 34.7 Å². The molecule has 3 heterocycles. The van der Waals surface area contributed by atoms with Gasteiger partial charge >= 0.3 is 0 Å². The third-order valence-corrected chi connectivity index (χ3v) is 8.37. The van der Waals surface area contributed by atoms with Crippen molar-refractivity contribution in [2.45, 2.75) is 45.1 Å². The number of thioether (sulfide) groups is 1. The van der Waals surface area contributed by atoms with Crippen molar-refractivity contribution < 1.29 is 9.59 Å². The molecule has 5 rings (SSSR count). The van der Waals surface area contributed by atoms with Crippen LogP contribution in [0.5, 0.6) is 0 Å². The number of aryl methyl sites for hydroxylation is 3. The van der Waals surface area contributed by atoms with Crippen LogP contribution in [0.3, 0.4) is 0 Å². The summed E-state index contributed by atoms with van der Waals surface area (Å²) in [6, 6.07) is 7.11. The molecule has 0 spiro atoms. The lowest BCUT2D eigenvalue weighted by Crippen LogP contribution is -2.29. The SMILES string of the molecule is O=C1S/C(=C/c2ccc(Cl)cc2)C(=O)N1CCCCn1cnc2sc3c(c2c1=O)CCCC3. The van der Waals surface area contributed by atoms with Gasteiger partial charge in [-0.25, -0.2) is 4.98 Å². The van der Waals surface area contributed by atoms with E-state index >= 15 is 0 Å². The Morgan fingerprint density at radius 2 is 1.79 bits per heavy atom. The van der Waals surface area contributed by atoms with Gasteiger partial charge in [0.15, 0.2) is 0 Å². The summed E-state index contributed by atoms with van der Waals surface area (Å²) in [4.78, 5) is 46.5. The number of hydrogen-bond donors (Lipinski definition) is 0.